The largest absolute Gasteiger partial charge is 0.486 e. The molecule has 2 nitrogen and oxygen atoms in total. The Morgan fingerprint density at radius 3 is 2.35 bits per heavy atom. The van der Waals surface area contributed by atoms with E-state index >= 15 is 0 Å². The van der Waals surface area contributed by atoms with E-state index in [1.54, 1.807) is 24.3 Å². The topological polar surface area (TPSA) is 26.3 Å². The van der Waals surface area contributed by atoms with Crippen LogP contribution in [0.15, 0.2) is 42.5 Å². The Hall–Kier alpha value is -2.23. The number of carbonyl (C=O) groups excluding carboxylic acids is 1. The first-order valence-corrected chi connectivity index (χ1v) is 8.84. The minimum Gasteiger partial charge on any atom is -0.486 e. The molecule has 0 radical (unpaired) electrons. The normalized spacial score (nSPS) is 12.7. The number of hydrogen-bond acceptors (Lipinski definition) is 2. The van der Waals surface area contributed by atoms with Crippen LogP contribution in [0.4, 0.5) is 8.78 Å². The highest BCUT2D eigenvalue weighted by Crippen LogP contribution is 2.27. The van der Waals surface area contributed by atoms with E-state index in [2.05, 4.69) is 27.7 Å². The molecule has 1 atom stereocenters. The van der Waals surface area contributed by atoms with Crippen LogP contribution in [0, 0.1) is 23.0 Å². The molecule has 0 spiro atoms. The van der Waals surface area contributed by atoms with Crippen LogP contribution in [0.5, 0.6) is 5.75 Å². The molecular formula is C22H26F2O2. The summed E-state index contributed by atoms with van der Waals surface area (Å²) in [5.41, 5.74) is 1.65. The molecule has 0 aromatic heterocycles. The van der Waals surface area contributed by atoms with Crippen LogP contribution in [0.1, 0.15) is 56.5 Å². The van der Waals surface area contributed by atoms with Gasteiger partial charge in [-0.15, -0.1) is 0 Å². The molecule has 26 heavy (non-hydrogen) atoms. The van der Waals surface area contributed by atoms with Crippen LogP contribution in [-0.2, 0) is 6.61 Å². The molecule has 0 amide bonds. The average Bonchev–Trinajstić information content (AvgIpc) is 2.54. The predicted octanol–water partition coefficient (Wildman–Crippen LogP) is 6.19. The first-order chi connectivity index (χ1) is 12.1. The molecule has 2 aromatic rings. The van der Waals surface area contributed by atoms with Gasteiger partial charge in [0.05, 0.1) is 0 Å². The highest BCUT2D eigenvalue weighted by molar-refractivity contribution is 5.96. The Morgan fingerprint density at radius 1 is 1.08 bits per heavy atom. The molecule has 0 heterocycles. The number of ether oxygens (including phenoxy) is 1. The van der Waals surface area contributed by atoms with Gasteiger partial charge in [-0.25, -0.2) is 8.78 Å². The van der Waals surface area contributed by atoms with Gasteiger partial charge in [0.15, 0.2) is 17.3 Å². The second-order valence-electron chi connectivity index (χ2n) is 8.06. The van der Waals surface area contributed by atoms with E-state index < -0.39 is 11.6 Å². The molecule has 0 saturated heterocycles. The van der Waals surface area contributed by atoms with Gasteiger partial charge in [-0.3, -0.25) is 4.79 Å². The first kappa shape index (κ1) is 20.1. The fraction of sp³-hybridized carbons (Fsp3) is 0.409. The van der Waals surface area contributed by atoms with E-state index in [1.165, 1.54) is 0 Å². The summed E-state index contributed by atoms with van der Waals surface area (Å²) < 4.78 is 32.0. The molecule has 2 rings (SSSR count). The van der Waals surface area contributed by atoms with Crippen molar-refractivity contribution in [3.63, 3.8) is 0 Å². The lowest BCUT2D eigenvalue weighted by Gasteiger charge is -2.22. The molecule has 1 unspecified atom stereocenters. The number of hydrogen-bond donors (Lipinski definition) is 0. The minimum absolute atomic E-state index is 0.106. The number of halogens is 2. The molecule has 2 aromatic carbocycles. The van der Waals surface area contributed by atoms with Crippen LogP contribution < -0.4 is 4.74 Å². The van der Waals surface area contributed by atoms with Crippen molar-refractivity contribution in [2.75, 3.05) is 0 Å². The quantitative estimate of drug-likeness (QED) is 0.550. The number of ketones is 1. The number of Topliss-reactive ketones (excluding diaryl/α,β-unsaturated/α-hetero) is 1. The fourth-order valence-corrected chi connectivity index (χ4v) is 3.09. The standard InChI is InChI=1S/C22H26F2O2/c1-15(13-22(2,3)4)11-20(25)17-7-5-16(6-8-17)14-26-21-12-18(23)9-10-19(21)24/h5-10,12,15H,11,13-14H2,1-4H3. The van der Waals surface area contributed by atoms with Crippen LogP contribution in [0.25, 0.3) is 0 Å². The van der Waals surface area contributed by atoms with E-state index in [0.717, 1.165) is 30.2 Å². The summed E-state index contributed by atoms with van der Waals surface area (Å²) in [6, 6.07) is 10.2. The van der Waals surface area contributed by atoms with E-state index in [-0.39, 0.29) is 23.6 Å². The molecular weight excluding hydrogens is 334 g/mol. The molecule has 0 N–H and O–H groups in total. The summed E-state index contributed by atoms with van der Waals surface area (Å²) in [7, 11) is 0. The van der Waals surface area contributed by atoms with Crippen LogP contribution in [-0.4, -0.2) is 5.78 Å². The summed E-state index contributed by atoms with van der Waals surface area (Å²) in [4.78, 5) is 12.4. The molecule has 0 aliphatic heterocycles. The van der Waals surface area contributed by atoms with Crippen molar-refractivity contribution in [1.29, 1.82) is 0 Å². The fourth-order valence-electron chi connectivity index (χ4n) is 3.09. The molecule has 0 bridgehead atoms. The SMILES string of the molecule is CC(CC(=O)c1ccc(COc2cc(F)ccc2F)cc1)CC(C)(C)C. The van der Waals surface area contributed by atoms with Gasteiger partial charge in [-0.05, 0) is 35.4 Å². The maximum atomic E-state index is 13.5. The van der Waals surface area contributed by atoms with Gasteiger partial charge in [-0.2, -0.15) is 0 Å². The van der Waals surface area contributed by atoms with E-state index in [1.807, 2.05) is 0 Å². The van der Waals surface area contributed by atoms with Crippen LogP contribution in [0.2, 0.25) is 0 Å². The van der Waals surface area contributed by atoms with Gasteiger partial charge >= 0.3 is 0 Å². The summed E-state index contributed by atoms with van der Waals surface area (Å²) in [5.74, 6) is -0.842. The molecule has 0 aliphatic rings. The van der Waals surface area contributed by atoms with Gasteiger partial charge in [0.1, 0.15) is 12.4 Å². The number of benzene rings is 2. The summed E-state index contributed by atoms with van der Waals surface area (Å²) in [5, 5.41) is 0. The van der Waals surface area contributed by atoms with Gasteiger partial charge < -0.3 is 4.74 Å². The minimum atomic E-state index is -0.606. The monoisotopic (exact) mass is 360 g/mol. The zero-order chi connectivity index (χ0) is 19.3. The van der Waals surface area contributed by atoms with Crippen molar-refractivity contribution in [1.82, 2.24) is 0 Å². The van der Waals surface area contributed by atoms with Gasteiger partial charge in [0.2, 0.25) is 0 Å². The van der Waals surface area contributed by atoms with Crippen molar-refractivity contribution < 1.29 is 18.3 Å². The Bertz CT molecular complexity index is 746. The Balaban J connectivity index is 1.93. The Kier molecular flexibility index (Phi) is 6.52. The lowest BCUT2D eigenvalue weighted by atomic mass is 9.83. The van der Waals surface area contributed by atoms with Crippen molar-refractivity contribution in [2.45, 2.75) is 47.1 Å². The summed E-state index contributed by atoms with van der Waals surface area (Å²) in [6.45, 7) is 8.72. The zero-order valence-corrected chi connectivity index (χ0v) is 15.8. The summed E-state index contributed by atoms with van der Waals surface area (Å²) >= 11 is 0. The number of carbonyl (C=O) groups is 1. The van der Waals surface area contributed by atoms with E-state index in [0.29, 0.717) is 17.9 Å². The third kappa shape index (κ3) is 6.25. The molecule has 0 aliphatic carbocycles. The van der Waals surface area contributed by atoms with Crippen molar-refractivity contribution in [3.05, 3.63) is 65.2 Å². The van der Waals surface area contributed by atoms with E-state index in [9.17, 15) is 13.6 Å². The van der Waals surface area contributed by atoms with Crippen LogP contribution >= 0.6 is 0 Å². The predicted molar refractivity (Wildman–Crippen MR) is 99.3 cm³/mol. The third-order valence-electron chi connectivity index (χ3n) is 4.06. The first-order valence-electron chi connectivity index (χ1n) is 8.84. The second kappa shape index (κ2) is 8.43. The lowest BCUT2D eigenvalue weighted by Crippen LogP contribution is -2.14. The van der Waals surface area contributed by atoms with E-state index in [4.69, 9.17) is 4.74 Å². The van der Waals surface area contributed by atoms with Gasteiger partial charge in [0, 0.05) is 18.1 Å². The molecule has 0 fully saturated rings. The number of rotatable bonds is 7. The Morgan fingerprint density at radius 2 is 1.73 bits per heavy atom. The van der Waals surface area contributed by atoms with Crippen molar-refractivity contribution in [3.8, 4) is 5.75 Å². The summed E-state index contributed by atoms with van der Waals surface area (Å²) in [6.07, 6.45) is 1.51. The maximum absolute atomic E-state index is 13.5. The van der Waals surface area contributed by atoms with Gasteiger partial charge in [0.25, 0.3) is 0 Å². The molecule has 140 valence electrons. The average molecular weight is 360 g/mol. The van der Waals surface area contributed by atoms with Gasteiger partial charge in [-0.1, -0.05) is 52.0 Å². The molecule has 4 heteroatoms. The smallest absolute Gasteiger partial charge is 0.165 e. The highest BCUT2D eigenvalue weighted by Gasteiger charge is 2.18. The van der Waals surface area contributed by atoms with Crippen LogP contribution in [0.3, 0.4) is 0 Å². The van der Waals surface area contributed by atoms with Crippen molar-refractivity contribution >= 4 is 5.78 Å². The third-order valence-corrected chi connectivity index (χ3v) is 4.06. The second-order valence-corrected chi connectivity index (χ2v) is 8.06. The lowest BCUT2D eigenvalue weighted by molar-refractivity contribution is 0.0954. The maximum Gasteiger partial charge on any atom is 0.165 e. The van der Waals surface area contributed by atoms with Crippen molar-refractivity contribution in [2.24, 2.45) is 11.3 Å². The zero-order valence-electron chi connectivity index (χ0n) is 15.8. The highest BCUT2D eigenvalue weighted by atomic mass is 19.1. The molecule has 0 saturated carbocycles. The Labute approximate surface area is 154 Å².